The van der Waals surface area contributed by atoms with E-state index >= 15 is 0 Å². The number of nitrogens with one attached hydrogen (secondary N) is 1. The number of hydrogen-bond donors (Lipinski definition) is 1. The van der Waals surface area contributed by atoms with Crippen LogP contribution in [0.1, 0.15) is 18.7 Å². The quantitative estimate of drug-likeness (QED) is 0.836. The summed E-state index contributed by atoms with van der Waals surface area (Å²) < 4.78 is 1.82. The van der Waals surface area contributed by atoms with Crippen LogP contribution in [-0.4, -0.2) is 27.9 Å². The van der Waals surface area contributed by atoms with E-state index in [1.807, 2.05) is 34.9 Å². The van der Waals surface area contributed by atoms with Gasteiger partial charge in [-0.15, -0.1) is 10.2 Å². The van der Waals surface area contributed by atoms with E-state index in [1.54, 1.807) is 0 Å². The lowest BCUT2D eigenvalue weighted by molar-refractivity contribution is 0.453. The molecule has 2 aliphatic rings. The molecule has 0 amide bonds. The van der Waals surface area contributed by atoms with Crippen LogP contribution in [-0.2, 0) is 12.0 Å². The highest BCUT2D eigenvalue weighted by atomic mass is 16.1. The van der Waals surface area contributed by atoms with Crippen LogP contribution in [0.4, 0.5) is 0 Å². The lowest BCUT2D eigenvalue weighted by Gasteiger charge is -2.19. The molecule has 1 saturated heterocycles. The molecular formula is C15H16N4O. The van der Waals surface area contributed by atoms with Crippen LogP contribution in [0.25, 0.3) is 11.3 Å². The van der Waals surface area contributed by atoms with Crippen LogP contribution in [0.5, 0.6) is 0 Å². The summed E-state index contributed by atoms with van der Waals surface area (Å²) in [5.41, 5.74) is 1.31. The molecule has 3 heterocycles. The SMILES string of the molecule is O=c1c(-c2ccccc2)nnc2n1CC[C@]21CCNC1. The molecule has 5 nitrogen and oxygen atoms in total. The maximum atomic E-state index is 12.6. The highest BCUT2D eigenvalue weighted by Gasteiger charge is 2.44. The monoisotopic (exact) mass is 268 g/mol. The van der Waals surface area contributed by atoms with Gasteiger partial charge in [0.05, 0.1) is 0 Å². The van der Waals surface area contributed by atoms with Crippen molar-refractivity contribution < 1.29 is 0 Å². The van der Waals surface area contributed by atoms with Crippen LogP contribution in [0.15, 0.2) is 35.1 Å². The fourth-order valence-corrected chi connectivity index (χ4v) is 3.38. The van der Waals surface area contributed by atoms with Gasteiger partial charge in [0.25, 0.3) is 5.56 Å². The third kappa shape index (κ3) is 1.56. The molecule has 1 spiro atoms. The largest absolute Gasteiger partial charge is 0.316 e. The summed E-state index contributed by atoms with van der Waals surface area (Å²) in [5, 5.41) is 12.0. The van der Waals surface area contributed by atoms with Gasteiger partial charge in [0.15, 0.2) is 5.69 Å². The third-order valence-corrected chi connectivity index (χ3v) is 4.53. The van der Waals surface area contributed by atoms with Crippen LogP contribution in [0, 0.1) is 0 Å². The van der Waals surface area contributed by atoms with Gasteiger partial charge in [0.2, 0.25) is 0 Å². The van der Waals surface area contributed by atoms with Crippen molar-refractivity contribution in [1.82, 2.24) is 20.1 Å². The Morgan fingerprint density at radius 2 is 2.00 bits per heavy atom. The second-order valence-electron chi connectivity index (χ2n) is 5.65. The first-order valence-corrected chi connectivity index (χ1v) is 7.04. The highest BCUT2D eigenvalue weighted by molar-refractivity contribution is 5.57. The average molecular weight is 268 g/mol. The molecule has 102 valence electrons. The van der Waals surface area contributed by atoms with Gasteiger partial charge in [-0.2, -0.15) is 0 Å². The summed E-state index contributed by atoms with van der Waals surface area (Å²) in [6, 6.07) is 9.56. The zero-order chi connectivity index (χ0) is 13.6. The number of hydrogen-bond acceptors (Lipinski definition) is 4. The zero-order valence-electron chi connectivity index (χ0n) is 11.2. The molecule has 0 aliphatic carbocycles. The standard InChI is InChI=1S/C15H16N4O/c20-13-12(11-4-2-1-3-5-11)17-18-14-15(6-8-16-10-15)7-9-19(13)14/h1-5,16H,6-10H2/t15-/m0/s1. The predicted molar refractivity (Wildman–Crippen MR) is 75.5 cm³/mol. The molecule has 0 unspecified atom stereocenters. The van der Waals surface area contributed by atoms with Crippen molar-refractivity contribution in [3.05, 3.63) is 46.5 Å². The molecule has 1 atom stereocenters. The fraction of sp³-hybridized carbons (Fsp3) is 0.400. The molecular weight excluding hydrogens is 252 g/mol. The van der Waals surface area contributed by atoms with Crippen molar-refractivity contribution in [2.45, 2.75) is 24.8 Å². The molecule has 4 rings (SSSR count). The first-order chi connectivity index (χ1) is 9.80. The molecule has 1 N–H and O–H groups in total. The number of rotatable bonds is 1. The fourth-order valence-electron chi connectivity index (χ4n) is 3.38. The number of benzene rings is 1. The van der Waals surface area contributed by atoms with E-state index in [0.717, 1.165) is 43.9 Å². The molecule has 1 aromatic heterocycles. The molecule has 2 aromatic rings. The van der Waals surface area contributed by atoms with E-state index < -0.39 is 0 Å². The minimum Gasteiger partial charge on any atom is -0.316 e. The zero-order valence-corrected chi connectivity index (χ0v) is 11.2. The third-order valence-electron chi connectivity index (χ3n) is 4.53. The van der Waals surface area contributed by atoms with Crippen molar-refractivity contribution >= 4 is 0 Å². The lowest BCUT2D eigenvalue weighted by atomic mass is 9.85. The summed E-state index contributed by atoms with van der Waals surface area (Å²) in [6.45, 7) is 2.66. The Labute approximate surface area is 116 Å². The minimum atomic E-state index is -0.00928. The van der Waals surface area contributed by atoms with E-state index in [9.17, 15) is 4.79 Å². The number of aromatic nitrogens is 3. The Morgan fingerprint density at radius 3 is 2.75 bits per heavy atom. The molecule has 20 heavy (non-hydrogen) atoms. The summed E-state index contributed by atoms with van der Waals surface area (Å²) >= 11 is 0. The Balaban J connectivity index is 1.86. The van der Waals surface area contributed by atoms with Crippen LogP contribution >= 0.6 is 0 Å². The van der Waals surface area contributed by atoms with Gasteiger partial charge in [-0.25, -0.2) is 0 Å². The van der Waals surface area contributed by atoms with Gasteiger partial charge in [-0.1, -0.05) is 30.3 Å². The van der Waals surface area contributed by atoms with Crippen molar-refractivity contribution in [3.8, 4) is 11.3 Å². The predicted octanol–water partition coefficient (Wildman–Crippen LogP) is 0.940. The molecule has 5 heteroatoms. The van der Waals surface area contributed by atoms with Gasteiger partial charge in [-0.05, 0) is 19.4 Å². The Bertz CT molecular complexity index is 702. The lowest BCUT2D eigenvalue weighted by Crippen LogP contribution is -2.31. The number of nitrogens with zero attached hydrogens (tertiary/aromatic N) is 3. The van der Waals surface area contributed by atoms with Crippen LogP contribution in [0.2, 0.25) is 0 Å². The molecule has 2 aliphatic heterocycles. The normalized spacial score (nSPS) is 24.2. The maximum absolute atomic E-state index is 12.6. The first-order valence-electron chi connectivity index (χ1n) is 7.04. The minimum absolute atomic E-state index is 0.00928. The van der Waals surface area contributed by atoms with Gasteiger partial charge < -0.3 is 5.32 Å². The number of fused-ring (bicyclic) bond motifs is 2. The van der Waals surface area contributed by atoms with Crippen molar-refractivity contribution in [2.75, 3.05) is 13.1 Å². The summed E-state index contributed by atoms with van der Waals surface area (Å²) in [5.74, 6) is 0.868. The molecule has 0 bridgehead atoms. The van der Waals surface area contributed by atoms with Crippen LogP contribution < -0.4 is 10.9 Å². The smallest absolute Gasteiger partial charge is 0.280 e. The van der Waals surface area contributed by atoms with E-state index in [1.165, 1.54) is 0 Å². The van der Waals surface area contributed by atoms with Gasteiger partial charge >= 0.3 is 0 Å². The maximum Gasteiger partial charge on any atom is 0.280 e. The summed E-state index contributed by atoms with van der Waals surface area (Å²) in [4.78, 5) is 12.6. The summed E-state index contributed by atoms with van der Waals surface area (Å²) in [6.07, 6.45) is 2.04. The second kappa shape index (κ2) is 4.24. The highest BCUT2D eigenvalue weighted by Crippen LogP contribution is 2.37. The average Bonchev–Trinajstić information content (AvgIpc) is 3.10. The van der Waals surface area contributed by atoms with E-state index in [4.69, 9.17) is 0 Å². The second-order valence-corrected chi connectivity index (χ2v) is 5.65. The van der Waals surface area contributed by atoms with Gasteiger partial charge in [0, 0.05) is 24.1 Å². The van der Waals surface area contributed by atoms with E-state index in [-0.39, 0.29) is 11.0 Å². The van der Waals surface area contributed by atoms with Crippen molar-refractivity contribution in [2.24, 2.45) is 0 Å². The molecule has 1 aromatic carbocycles. The van der Waals surface area contributed by atoms with Gasteiger partial charge in [0.1, 0.15) is 5.82 Å². The van der Waals surface area contributed by atoms with Crippen LogP contribution in [0.3, 0.4) is 0 Å². The molecule has 0 radical (unpaired) electrons. The topological polar surface area (TPSA) is 59.8 Å². The first kappa shape index (κ1) is 11.8. The Kier molecular flexibility index (Phi) is 2.50. The molecule has 1 fully saturated rings. The van der Waals surface area contributed by atoms with E-state index in [0.29, 0.717) is 5.69 Å². The van der Waals surface area contributed by atoms with E-state index in [2.05, 4.69) is 15.5 Å². The van der Waals surface area contributed by atoms with Crippen molar-refractivity contribution in [1.29, 1.82) is 0 Å². The van der Waals surface area contributed by atoms with Crippen molar-refractivity contribution in [3.63, 3.8) is 0 Å². The molecule has 0 saturated carbocycles. The Hall–Kier alpha value is -2.01. The van der Waals surface area contributed by atoms with Gasteiger partial charge in [-0.3, -0.25) is 9.36 Å². The Morgan fingerprint density at radius 1 is 1.15 bits per heavy atom. The summed E-state index contributed by atoms with van der Waals surface area (Å²) in [7, 11) is 0.